The number of hydrogen-bond acceptors (Lipinski definition) is 3. The van der Waals surface area contributed by atoms with E-state index >= 15 is 0 Å². The first-order chi connectivity index (χ1) is 12.6. The Balaban J connectivity index is 1.85. The lowest BCUT2D eigenvalue weighted by Gasteiger charge is -2.09. The zero-order chi connectivity index (χ0) is 18.5. The van der Waals surface area contributed by atoms with Crippen molar-refractivity contribution in [3.63, 3.8) is 0 Å². The topological polar surface area (TPSA) is 88.0 Å². The van der Waals surface area contributed by atoms with E-state index in [1.807, 2.05) is 30.3 Å². The van der Waals surface area contributed by atoms with Crippen molar-refractivity contribution in [3.05, 3.63) is 76.0 Å². The molecule has 0 bridgehead atoms. The molecule has 0 fully saturated rings. The molecule has 2 N–H and O–H groups in total. The second-order valence-corrected chi connectivity index (χ2v) is 5.78. The van der Waals surface area contributed by atoms with Crippen LogP contribution >= 0.6 is 0 Å². The van der Waals surface area contributed by atoms with Gasteiger partial charge in [-0.25, -0.2) is 14.7 Å². The summed E-state index contributed by atoms with van der Waals surface area (Å²) in [6.07, 6.45) is 6.31. The van der Waals surface area contributed by atoms with Gasteiger partial charge in [0.2, 0.25) is 0 Å². The molecule has 130 valence electrons. The largest absolute Gasteiger partial charge is 0.478 e. The molecule has 0 aliphatic heterocycles. The molecule has 1 heterocycles. The third-order valence-corrected chi connectivity index (χ3v) is 4.03. The minimum atomic E-state index is -0.959. The summed E-state index contributed by atoms with van der Waals surface area (Å²) >= 11 is 0. The second kappa shape index (κ2) is 7.53. The summed E-state index contributed by atoms with van der Waals surface area (Å²) in [5.41, 5.74) is 2.30. The molecule has 1 aromatic heterocycles. The molecule has 2 aromatic carbocycles. The standard InChI is InChI=1S/C20H17N3O3/c1-2-3-8-18-21-20(26)22-23(18)13-14-9-11-15(12-10-14)16-6-4-5-7-17(16)19(24)25/h1,4-7,9-12H,3,8,13H2,(H,22,26)(H,24,25). The van der Waals surface area contributed by atoms with Crippen molar-refractivity contribution in [2.75, 3.05) is 0 Å². The summed E-state index contributed by atoms with van der Waals surface area (Å²) in [4.78, 5) is 26.8. The van der Waals surface area contributed by atoms with Gasteiger partial charge < -0.3 is 5.11 Å². The maximum Gasteiger partial charge on any atom is 0.361 e. The predicted molar refractivity (Wildman–Crippen MR) is 97.9 cm³/mol. The SMILES string of the molecule is C#CCCc1nc(=O)[nH]n1Cc1ccc(-c2ccccc2C(=O)O)cc1. The zero-order valence-electron chi connectivity index (χ0n) is 14.0. The van der Waals surface area contributed by atoms with E-state index in [1.165, 1.54) is 0 Å². The van der Waals surface area contributed by atoms with Crippen LogP contribution in [0.2, 0.25) is 0 Å². The maximum atomic E-state index is 11.5. The second-order valence-electron chi connectivity index (χ2n) is 5.78. The molecule has 0 aliphatic carbocycles. The fourth-order valence-electron chi connectivity index (χ4n) is 2.78. The first-order valence-corrected chi connectivity index (χ1v) is 8.09. The van der Waals surface area contributed by atoms with E-state index in [2.05, 4.69) is 16.0 Å². The van der Waals surface area contributed by atoms with Crippen LogP contribution in [0.1, 0.15) is 28.2 Å². The Morgan fingerprint density at radius 1 is 1.19 bits per heavy atom. The molecule has 6 nitrogen and oxygen atoms in total. The van der Waals surface area contributed by atoms with Gasteiger partial charge in [-0.05, 0) is 22.8 Å². The molecule has 0 spiro atoms. The molecule has 0 amide bonds. The van der Waals surface area contributed by atoms with E-state index in [9.17, 15) is 14.7 Å². The van der Waals surface area contributed by atoms with Gasteiger partial charge in [0.15, 0.2) is 0 Å². The number of aromatic carboxylic acids is 1. The van der Waals surface area contributed by atoms with Gasteiger partial charge in [-0.1, -0.05) is 42.5 Å². The number of nitrogens with one attached hydrogen (secondary N) is 1. The van der Waals surface area contributed by atoms with Crippen molar-refractivity contribution in [3.8, 4) is 23.5 Å². The van der Waals surface area contributed by atoms with Crippen molar-refractivity contribution < 1.29 is 9.90 Å². The van der Waals surface area contributed by atoms with Crippen molar-refractivity contribution in [2.24, 2.45) is 0 Å². The molecular weight excluding hydrogens is 330 g/mol. The molecule has 0 aliphatic rings. The third kappa shape index (κ3) is 3.73. The van der Waals surface area contributed by atoms with Crippen molar-refractivity contribution in [1.82, 2.24) is 14.8 Å². The smallest absolute Gasteiger partial charge is 0.361 e. The number of carboxylic acid groups (broad SMARTS) is 1. The molecule has 0 unspecified atom stereocenters. The fourth-order valence-corrected chi connectivity index (χ4v) is 2.78. The summed E-state index contributed by atoms with van der Waals surface area (Å²) in [6, 6.07) is 14.4. The monoisotopic (exact) mass is 347 g/mol. The van der Waals surface area contributed by atoms with Gasteiger partial charge >= 0.3 is 11.7 Å². The Morgan fingerprint density at radius 2 is 1.92 bits per heavy atom. The van der Waals surface area contributed by atoms with Gasteiger partial charge in [0.1, 0.15) is 5.82 Å². The number of nitrogens with zero attached hydrogens (tertiary/aromatic N) is 2. The Kier molecular flexibility index (Phi) is 4.99. The highest BCUT2D eigenvalue weighted by molar-refractivity contribution is 5.95. The number of benzene rings is 2. The van der Waals surface area contributed by atoms with Crippen molar-refractivity contribution in [2.45, 2.75) is 19.4 Å². The van der Waals surface area contributed by atoms with Crippen LogP contribution < -0.4 is 5.69 Å². The van der Waals surface area contributed by atoms with Gasteiger partial charge in [-0.3, -0.25) is 4.68 Å². The van der Waals surface area contributed by atoms with Crippen LogP contribution in [0.5, 0.6) is 0 Å². The number of carboxylic acids is 1. The van der Waals surface area contributed by atoms with E-state index in [4.69, 9.17) is 6.42 Å². The highest BCUT2D eigenvalue weighted by Gasteiger charge is 2.11. The zero-order valence-corrected chi connectivity index (χ0v) is 14.0. The number of aromatic nitrogens is 3. The number of H-pyrrole nitrogens is 1. The van der Waals surface area contributed by atoms with Crippen LogP contribution in [-0.4, -0.2) is 25.8 Å². The average molecular weight is 347 g/mol. The van der Waals surface area contributed by atoms with Gasteiger partial charge in [0, 0.05) is 12.8 Å². The van der Waals surface area contributed by atoms with Crippen LogP contribution in [0.4, 0.5) is 0 Å². The minimum absolute atomic E-state index is 0.260. The van der Waals surface area contributed by atoms with Crippen LogP contribution in [0.25, 0.3) is 11.1 Å². The van der Waals surface area contributed by atoms with E-state index in [1.54, 1.807) is 22.9 Å². The lowest BCUT2D eigenvalue weighted by Crippen LogP contribution is -2.09. The minimum Gasteiger partial charge on any atom is -0.478 e. The normalized spacial score (nSPS) is 10.4. The fraction of sp³-hybridized carbons (Fsp3) is 0.150. The van der Waals surface area contributed by atoms with Gasteiger partial charge in [0.05, 0.1) is 12.1 Å². The molecular formula is C20H17N3O3. The molecule has 0 saturated carbocycles. The highest BCUT2D eigenvalue weighted by atomic mass is 16.4. The molecule has 3 rings (SSSR count). The van der Waals surface area contributed by atoms with Crippen LogP contribution in [0, 0.1) is 12.3 Å². The Morgan fingerprint density at radius 3 is 2.62 bits per heavy atom. The molecule has 6 heteroatoms. The molecule has 0 saturated heterocycles. The van der Waals surface area contributed by atoms with E-state index in [-0.39, 0.29) is 5.56 Å². The summed E-state index contributed by atoms with van der Waals surface area (Å²) < 4.78 is 1.68. The van der Waals surface area contributed by atoms with E-state index in [0.29, 0.717) is 30.8 Å². The number of hydrogen-bond donors (Lipinski definition) is 2. The van der Waals surface area contributed by atoms with Crippen LogP contribution in [-0.2, 0) is 13.0 Å². The Hall–Kier alpha value is -3.59. The van der Waals surface area contributed by atoms with E-state index in [0.717, 1.165) is 11.1 Å². The van der Waals surface area contributed by atoms with E-state index < -0.39 is 11.7 Å². The Bertz CT molecular complexity index is 1020. The highest BCUT2D eigenvalue weighted by Crippen LogP contribution is 2.24. The summed E-state index contributed by atoms with van der Waals surface area (Å²) in [5.74, 6) is 2.20. The lowest BCUT2D eigenvalue weighted by atomic mass is 9.99. The van der Waals surface area contributed by atoms with Gasteiger partial charge in [-0.2, -0.15) is 4.98 Å². The first kappa shape index (κ1) is 17.2. The number of aromatic amines is 1. The van der Waals surface area contributed by atoms with Crippen molar-refractivity contribution >= 4 is 5.97 Å². The molecule has 0 radical (unpaired) electrons. The quantitative estimate of drug-likeness (QED) is 0.671. The Labute approximate surface area is 150 Å². The molecule has 26 heavy (non-hydrogen) atoms. The van der Waals surface area contributed by atoms with Crippen LogP contribution in [0.3, 0.4) is 0 Å². The predicted octanol–water partition coefficient (Wildman–Crippen LogP) is 2.55. The summed E-state index contributed by atoms with van der Waals surface area (Å²) in [5, 5.41) is 12.0. The molecule has 3 aromatic rings. The third-order valence-electron chi connectivity index (χ3n) is 4.03. The van der Waals surface area contributed by atoms with Crippen LogP contribution in [0.15, 0.2) is 53.3 Å². The summed E-state index contributed by atoms with van der Waals surface area (Å²) in [6.45, 7) is 0.454. The number of carbonyl (C=O) groups is 1. The number of aryl methyl sites for hydroxylation is 1. The van der Waals surface area contributed by atoms with Gasteiger partial charge in [0.25, 0.3) is 0 Å². The lowest BCUT2D eigenvalue weighted by molar-refractivity contribution is 0.0697. The first-order valence-electron chi connectivity index (χ1n) is 8.09. The molecule has 0 atom stereocenters. The summed E-state index contributed by atoms with van der Waals surface area (Å²) in [7, 11) is 0. The van der Waals surface area contributed by atoms with Gasteiger partial charge in [-0.15, -0.1) is 12.3 Å². The number of terminal acetylenes is 1. The maximum absolute atomic E-state index is 11.5. The number of rotatable bonds is 6. The van der Waals surface area contributed by atoms with Crippen molar-refractivity contribution in [1.29, 1.82) is 0 Å². The average Bonchev–Trinajstić information content (AvgIpc) is 2.99.